The fourth-order valence-corrected chi connectivity index (χ4v) is 2.64. The van der Waals surface area contributed by atoms with Gasteiger partial charge in [-0.1, -0.05) is 12.1 Å². The predicted octanol–water partition coefficient (Wildman–Crippen LogP) is 2.22. The summed E-state index contributed by atoms with van der Waals surface area (Å²) in [6.45, 7) is 4.64. The van der Waals surface area contributed by atoms with E-state index in [2.05, 4.69) is 21.8 Å². The van der Waals surface area contributed by atoms with E-state index in [1.807, 2.05) is 24.3 Å². The molecule has 106 valence electrons. The Morgan fingerprint density at radius 3 is 2.70 bits per heavy atom. The van der Waals surface area contributed by atoms with Crippen molar-refractivity contribution in [2.75, 3.05) is 30.3 Å². The highest BCUT2D eigenvalue weighted by atomic mass is 16.5. The maximum Gasteiger partial charge on any atom is 0.172 e. The van der Waals surface area contributed by atoms with Crippen molar-refractivity contribution in [3.63, 3.8) is 0 Å². The van der Waals surface area contributed by atoms with Crippen LogP contribution in [0.2, 0.25) is 0 Å². The molecular weight excluding hydrogens is 252 g/mol. The molecule has 5 nitrogen and oxygen atoms in total. The Morgan fingerprint density at radius 2 is 2.05 bits per heavy atom. The second kappa shape index (κ2) is 5.63. The minimum absolute atomic E-state index is 0.280. The number of anilines is 2. The zero-order valence-corrected chi connectivity index (χ0v) is 11.7. The smallest absolute Gasteiger partial charge is 0.172 e. The number of hydrogen-bond donors (Lipinski definition) is 1. The van der Waals surface area contributed by atoms with Crippen LogP contribution in [-0.2, 0) is 4.74 Å². The first-order valence-corrected chi connectivity index (χ1v) is 7.16. The molecule has 0 aliphatic carbocycles. The molecule has 3 rings (SSSR count). The maximum atomic E-state index is 6.08. The Hall–Kier alpha value is -1.88. The molecule has 2 heterocycles. The number of ether oxygens (including phenoxy) is 1. The lowest BCUT2D eigenvalue weighted by Gasteiger charge is -2.25. The Kier molecular flexibility index (Phi) is 3.69. The van der Waals surface area contributed by atoms with Crippen LogP contribution in [0.15, 0.2) is 24.3 Å². The number of nitrogen functional groups attached to an aromatic ring is 1. The number of rotatable bonds is 4. The van der Waals surface area contributed by atoms with Gasteiger partial charge in [0.2, 0.25) is 0 Å². The van der Waals surface area contributed by atoms with Gasteiger partial charge in [0.1, 0.15) is 0 Å². The van der Waals surface area contributed by atoms with Crippen molar-refractivity contribution in [2.45, 2.75) is 25.9 Å². The van der Waals surface area contributed by atoms with Crippen molar-refractivity contribution < 1.29 is 4.74 Å². The highest BCUT2D eigenvalue weighted by Crippen LogP contribution is 2.24. The van der Waals surface area contributed by atoms with Gasteiger partial charge in [0.15, 0.2) is 11.6 Å². The zero-order valence-electron chi connectivity index (χ0n) is 11.7. The van der Waals surface area contributed by atoms with Crippen LogP contribution in [0.3, 0.4) is 0 Å². The van der Waals surface area contributed by atoms with E-state index < -0.39 is 0 Å². The molecule has 1 fully saturated rings. The van der Waals surface area contributed by atoms with Crippen LogP contribution in [-0.4, -0.2) is 35.8 Å². The summed E-state index contributed by atoms with van der Waals surface area (Å²) in [5.74, 6) is 1.25. The van der Waals surface area contributed by atoms with Crippen LogP contribution < -0.4 is 10.6 Å². The monoisotopic (exact) mass is 272 g/mol. The van der Waals surface area contributed by atoms with Gasteiger partial charge in [-0.05, 0) is 31.9 Å². The number of nitrogens with two attached hydrogens (primary N) is 1. The molecule has 1 aromatic carbocycles. The summed E-state index contributed by atoms with van der Waals surface area (Å²) in [6, 6.07) is 7.80. The SMILES string of the molecule is CCN(CC1CCCO1)c1nc2ccccc2nc1N. The Labute approximate surface area is 118 Å². The van der Waals surface area contributed by atoms with E-state index in [1.165, 1.54) is 0 Å². The molecular formula is C15H20N4O. The molecule has 0 amide bonds. The van der Waals surface area contributed by atoms with E-state index in [1.54, 1.807) is 0 Å². The molecule has 5 heteroatoms. The predicted molar refractivity (Wildman–Crippen MR) is 80.8 cm³/mol. The molecule has 1 aliphatic rings. The Morgan fingerprint density at radius 1 is 1.30 bits per heavy atom. The van der Waals surface area contributed by atoms with Gasteiger partial charge in [0.05, 0.1) is 17.1 Å². The highest BCUT2D eigenvalue weighted by Gasteiger charge is 2.21. The summed E-state index contributed by atoms with van der Waals surface area (Å²) in [4.78, 5) is 11.3. The molecule has 1 atom stereocenters. The molecule has 2 N–H and O–H groups in total. The fourth-order valence-electron chi connectivity index (χ4n) is 2.64. The minimum atomic E-state index is 0.280. The Bertz CT molecular complexity index is 595. The third-order valence-corrected chi connectivity index (χ3v) is 3.71. The number of hydrogen-bond acceptors (Lipinski definition) is 5. The van der Waals surface area contributed by atoms with Crippen molar-refractivity contribution in [3.8, 4) is 0 Å². The zero-order chi connectivity index (χ0) is 13.9. The van der Waals surface area contributed by atoms with Crippen molar-refractivity contribution in [1.29, 1.82) is 0 Å². The van der Waals surface area contributed by atoms with Crippen LogP contribution in [0.4, 0.5) is 11.6 Å². The molecule has 0 bridgehead atoms. The van der Waals surface area contributed by atoms with Crippen molar-refractivity contribution in [2.24, 2.45) is 0 Å². The lowest BCUT2D eigenvalue weighted by Crippen LogP contribution is -2.33. The van der Waals surface area contributed by atoms with Crippen LogP contribution in [0, 0.1) is 0 Å². The maximum absolute atomic E-state index is 6.08. The number of para-hydroxylation sites is 2. The topological polar surface area (TPSA) is 64.3 Å². The van der Waals surface area contributed by atoms with Crippen molar-refractivity contribution >= 4 is 22.7 Å². The largest absolute Gasteiger partial charge is 0.381 e. The van der Waals surface area contributed by atoms with Gasteiger partial charge in [-0.25, -0.2) is 9.97 Å². The van der Waals surface area contributed by atoms with Crippen LogP contribution in [0.1, 0.15) is 19.8 Å². The first-order valence-electron chi connectivity index (χ1n) is 7.16. The lowest BCUT2D eigenvalue weighted by atomic mass is 10.2. The third-order valence-electron chi connectivity index (χ3n) is 3.71. The van der Waals surface area contributed by atoms with E-state index in [0.717, 1.165) is 49.4 Å². The van der Waals surface area contributed by atoms with Crippen LogP contribution >= 0.6 is 0 Å². The molecule has 2 aromatic rings. The number of likely N-dealkylation sites (N-methyl/N-ethyl adjacent to an activating group) is 1. The van der Waals surface area contributed by atoms with E-state index in [-0.39, 0.29) is 6.10 Å². The molecule has 0 saturated carbocycles. The molecule has 0 radical (unpaired) electrons. The summed E-state index contributed by atoms with van der Waals surface area (Å²) >= 11 is 0. The average Bonchev–Trinajstić information content (AvgIpc) is 2.97. The third kappa shape index (κ3) is 2.54. The number of benzene rings is 1. The molecule has 1 aliphatic heterocycles. The van der Waals surface area contributed by atoms with E-state index in [9.17, 15) is 0 Å². The van der Waals surface area contributed by atoms with Gasteiger partial charge in [-0.3, -0.25) is 0 Å². The molecule has 1 saturated heterocycles. The highest BCUT2D eigenvalue weighted by molar-refractivity contribution is 5.79. The van der Waals surface area contributed by atoms with E-state index >= 15 is 0 Å². The summed E-state index contributed by atoms with van der Waals surface area (Å²) in [5, 5.41) is 0. The summed E-state index contributed by atoms with van der Waals surface area (Å²) in [7, 11) is 0. The van der Waals surface area contributed by atoms with Crippen LogP contribution in [0.5, 0.6) is 0 Å². The number of nitrogens with zero attached hydrogens (tertiary/aromatic N) is 3. The second-order valence-electron chi connectivity index (χ2n) is 5.09. The van der Waals surface area contributed by atoms with Gasteiger partial charge in [-0.15, -0.1) is 0 Å². The van der Waals surface area contributed by atoms with Crippen molar-refractivity contribution in [1.82, 2.24) is 9.97 Å². The molecule has 20 heavy (non-hydrogen) atoms. The average molecular weight is 272 g/mol. The first-order chi connectivity index (χ1) is 9.78. The normalized spacial score (nSPS) is 18.6. The fraction of sp³-hybridized carbons (Fsp3) is 0.467. The molecule has 0 spiro atoms. The minimum Gasteiger partial charge on any atom is -0.381 e. The standard InChI is InChI=1S/C15H20N4O/c1-2-19(10-11-6-5-9-20-11)15-14(16)17-12-7-3-4-8-13(12)18-15/h3-4,7-8,11H,2,5-6,9-10H2,1H3,(H2,16,17). The number of aromatic nitrogens is 2. The second-order valence-corrected chi connectivity index (χ2v) is 5.09. The van der Waals surface area contributed by atoms with Crippen LogP contribution in [0.25, 0.3) is 11.0 Å². The molecule has 1 aromatic heterocycles. The number of fused-ring (bicyclic) bond motifs is 1. The quantitative estimate of drug-likeness (QED) is 0.924. The van der Waals surface area contributed by atoms with E-state index in [4.69, 9.17) is 10.5 Å². The Balaban J connectivity index is 1.91. The lowest BCUT2D eigenvalue weighted by molar-refractivity contribution is 0.115. The summed E-state index contributed by atoms with van der Waals surface area (Å²) < 4.78 is 5.70. The van der Waals surface area contributed by atoms with Gasteiger partial charge in [0, 0.05) is 19.7 Å². The van der Waals surface area contributed by atoms with Gasteiger partial charge in [0.25, 0.3) is 0 Å². The first kappa shape index (κ1) is 13.1. The summed E-state index contributed by atoms with van der Waals surface area (Å²) in [5.41, 5.74) is 7.79. The van der Waals surface area contributed by atoms with Gasteiger partial charge >= 0.3 is 0 Å². The van der Waals surface area contributed by atoms with E-state index in [0.29, 0.717) is 5.82 Å². The van der Waals surface area contributed by atoms with Crippen molar-refractivity contribution in [3.05, 3.63) is 24.3 Å². The van der Waals surface area contributed by atoms with Gasteiger partial charge < -0.3 is 15.4 Å². The summed E-state index contributed by atoms with van der Waals surface area (Å²) in [6.07, 6.45) is 2.53. The molecule has 1 unspecified atom stereocenters. The van der Waals surface area contributed by atoms with Gasteiger partial charge in [-0.2, -0.15) is 0 Å².